The molecule has 0 aliphatic heterocycles. The van der Waals surface area contributed by atoms with Gasteiger partial charge in [-0.2, -0.15) is 0 Å². The Kier molecular flexibility index (Phi) is 3.88. The van der Waals surface area contributed by atoms with Crippen molar-refractivity contribution >= 4 is 35.3 Å². The monoisotopic (exact) mass is 291 g/mol. The van der Waals surface area contributed by atoms with Crippen LogP contribution in [0.5, 0.6) is 0 Å². The van der Waals surface area contributed by atoms with Crippen molar-refractivity contribution in [2.24, 2.45) is 7.05 Å². The summed E-state index contributed by atoms with van der Waals surface area (Å²) < 4.78 is 2.04. The quantitative estimate of drug-likeness (QED) is 0.751. The van der Waals surface area contributed by atoms with Gasteiger partial charge in [-0.25, -0.2) is 9.97 Å². The number of hydrogen-bond acceptors (Lipinski definition) is 3. The zero-order valence-corrected chi connectivity index (χ0v) is 13.5. The molecule has 3 aromatic rings. The fraction of sp³-hybridized carbons (Fsp3) is 0.294. The van der Waals surface area contributed by atoms with E-state index in [0.717, 1.165) is 22.5 Å². The standard InChI is InChI=1S/C17H20BN4/c1-11(2)18-13-9-12(3)5-6-14(13)21-17-16-15(19-10-20-17)7-8-22(16)4/h5-11H,1-4H3,(H,19,20,21). The van der Waals surface area contributed by atoms with Crippen molar-refractivity contribution in [1.82, 2.24) is 14.5 Å². The van der Waals surface area contributed by atoms with Gasteiger partial charge in [-0.3, -0.25) is 0 Å². The summed E-state index contributed by atoms with van der Waals surface area (Å²) in [5.41, 5.74) is 5.49. The summed E-state index contributed by atoms with van der Waals surface area (Å²) in [5.74, 6) is 1.32. The van der Waals surface area contributed by atoms with Crippen molar-refractivity contribution in [1.29, 1.82) is 0 Å². The number of benzene rings is 1. The lowest BCUT2D eigenvalue weighted by Crippen LogP contribution is -2.21. The van der Waals surface area contributed by atoms with Gasteiger partial charge in [0.15, 0.2) is 13.1 Å². The topological polar surface area (TPSA) is 42.7 Å². The van der Waals surface area contributed by atoms with Gasteiger partial charge in [0.05, 0.1) is 5.52 Å². The zero-order valence-electron chi connectivity index (χ0n) is 13.5. The van der Waals surface area contributed by atoms with Crippen LogP contribution in [-0.4, -0.2) is 21.8 Å². The molecule has 4 nitrogen and oxygen atoms in total. The summed E-state index contributed by atoms with van der Waals surface area (Å²) in [6, 6.07) is 8.42. The molecule has 0 amide bonds. The minimum Gasteiger partial charge on any atom is -0.346 e. The lowest BCUT2D eigenvalue weighted by molar-refractivity contribution is 0.964. The summed E-state index contributed by atoms with van der Waals surface area (Å²) >= 11 is 0. The van der Waals surface area contributed by atoms with E-state index in [0.29, 0.717) is 5.82 Å². The van der Waals surface area contributed by atoms with Gasteiger partial charge in [0.1, 0.15) is 11.8 Å². The average molecular weight is 291 g/mol. The van der Waals surface area contributed by atoms with Gasteiger partial charge >= 0.3 is 0 Å². The highest BCUT2D eigenvalue weighted by atomic mass is 15.1. The Morgan fingerprint density at radius 1 is 1.18 bits per heavy atom. The van der Waals surface area contributed by atoms with E-state index in [2.05, 4.69) is 61.5 Å². The van der Waals surface area contributed by atoms with Crippen molar-refractivity contribution in [3.05, 3.63) is 42.4 Å². The molecule has 111 valence electrons. The van der Waals surface area contributed by atoms with Crippen LogP contribution in [-0.2, 0) is 7.05 Å². The maximum absolute atomic E-state index is 4.42. The van der Waals surface area contributed by atoms with E-state index in [1.165, 1.54) is 11.0 Å². The van der Waals surface area contributed by atoms with Crippen molar-refractivity contribution in [2.45, 2.75) is 26.6 Å². The maximum atomic E-state index is 4.42. The van der Waals surface area contributed by atoms with Crippen LogP contribution in [0.2, 0.25) is 5.82 Å². The van der Waals surface area contributed by atoms with E-state index in [9.17, 15) is 0 Å². The maximum Gasteiger partial charge on any atom is 0.158 e. The predicted molar refractivity (Wildman–Crippen MR) is 93.5 cm³/mol. The molecule has 0 saturated carbocycles. The first kappa shape index (κ1) is 14.6. The van der Waals surface area contributed by atoms with Crippen LogP contribution in [0.25, 0.3) is 11.0 Å². The molecule has 0 atom stereocenters. The third kappa shape index (κ3) is 2.84. The van der Waals surface area contributed by atoms with Crippen LogP contribution in [0.15, 0.2) is 36.8 Å². The van der Waals surface area contributed by atoms with Crippen molar-refractivity contribution in [3.63, 3.8) is 0 Å². The number of nitrogens with one attached hydrogen (secondary N) is 1. The molecule has 0 aliphatic carbocycles. The first-order valence-electron chi connectivity index (χ1n) is 7.53. The summed E-state index contributed by atoms with van der Waals surface area (Å²) in [6.45, 7) is 6.49. The Morgan fingerprint density at radius 2 is 2.00 bits per heavy atom. The molecule has 5 heteroatoms. The van der Waals surface area contributed by atoms with Crippen LogP contribution in [0, 0.1) is 6.92 Å². The normalized spacial score (nSPS) is 11.1. The molecule has 0 bridgehead atoms. The van der Waals surface area contributed by atoms with E-state index in [-0.39, 0.29) is 0 Å². The number of aromatic nitrogens is 3. The van der Waals surface area contributed by atoms with Crippen molar-refractivity contribution in [2.75, 3.05) is 5.32 Å². The molecule has 0 unspecified atom stereocenters. The second-order valence-corrected chi connectivity index (χ2v) is 6.01. The van der Waals surface area contributed by atoms with E-state index in [4.69, 9.17) is 0 Å². The van der Waals surface area contributed by atoms with Gasteiger partial charge in [-0.1, -0.05) is 42.8 Å². The highest BCUT2D eigenvalue weighted by Crippen LogP contribution is 2.23. The lowest BCUT2D eigenvalue weighted by atomic mass is 9.60. The molecule has 0 saturated heterocycles. The molecule has 2 heterocycles. The number of rotatable bonds is 4. The van der Waals surface area contributed by atoms with Gasteiger partial charge in [0.25, 0.3) is 0 Å². The van der Waals surface area contributed by atoms with Gasteiger partial charge in [-0.15, -0.1) is 0 Å². The largest absolute Gasteiger partial charge is 0.346 e. The highest BCUT2D eigenvalue weighted by Gasteiger charge is 2.11. The summed E-state index contributed by atoms with van der Waals surface area (Å²) in [5, 5.41) is 3.47. The predicted octanol–water partition coefficient (Wildman–Crippen LogP) is 3.18. The molecule has 22 heavy (non-hydrogen) atoms. The van der Waals surface area contributed by atoms with Crippen LogP contribution < -0.4 is 10.8 Å². The fourth-order valence-corrected chi connectivity index (χ4v) is 2.63. The summed E-state index contributed by atoms with van der Waals surface area (Å²) in [4.78, 5) is 8.73. The highest BCUT2D eigenvalue weighted by molar-refractivity contribution is 6.57. The van der Waals surface area contributed by atoms with Crippen molar-refractivity contribution in [3.8, 4) is 0 Å². The first-order chi connectivity index (χ1) is 10.5. The molecule has 2 aromatic heterocycles. The fourth-order valence-electron chi connectivity index (χ4n) is 2.63. The number of fused-ring (bicyclic) bond motifs is 1. The van der Waals surface area contributed by atoms with Gasteiger partial charge in [0.2, 0.25) is 0 Å². The molecular formula is C17H20BN4. The molecule has 0 aliphatic rings. The Bertz CT molecular complexity index is 808. The molecule has 0 fully saturated rings. The van der Waals surface area contributed by atoms with Crippen LogP contribution in [0.1, 0.15) is 19.4 Å². The van der Waals surface area contributed by atoms with Crippen LogP contribution >= 0.6 is 0 Å². The van der Waals surface area contributed by atoms with E-state index >= 15 is 0 Å². The summed E-state index contributed by atoms with van der Waals surface area (Å²) in [6.07, 6.45) is 3.60. The van der Waals surface area contributed by atoms with Gasteiger partial charge < -0.3 is 9.88 Å². The number of aryl methyl sites for hydroxylation is 2. The van der Waals surface area contributed by atoms with Crippen LogP contribution in [0.4, 0.5) is 11.5 Å². The van der Waals surface area contributed by atoms with Crippen molar-refractivity contribution < 1.29 is 0 Å². The third-order valence-electron chi connectivity index (χ3n) is 3.63. The SMILES string of the molecule is Cc1ccc(Nc2ncnc3ccn(C)c23)c([B]C(C)C)c1. The average Bonchev–Trinajstić information content (AvgIpc) is 2.84. The second kappa shape index (κ2) is 5.83. The molecule has 0 spiro atoms. The zero-order chi connectivity index (χ0) is 15.7. The molecule has 1 aromatic carbocycles. The molecular weight excluding hydrogens is 271 g/mol. The van der Waals surface area contributed by atoms with E-state index < -0.39 is 0 Å². The minimum atomic E-state index is 0.489. The smallest absolute Gasteiger partial charge is 0.158 e. The number of anilines is 2. The number of hydrogen-bond donors (Lipinski definition) is 1. The Morgan fingerprint density at radius 3 is 2.77 bits per heavy atom. The Balaban J connectivity index is 2.03. The Labute approximate surface area is 131 Å². The van der Waals surface area contributed by atoms with Gasteiger partial charge in [0, 0.05) is 18.9 Å². The van der Waals surface area contributed by atoms with Gasteiger partial charge in [-0.05, 0) is 19.1 Å². The third-order valence-corrected chi connectivity index (χ3v) is 3.63. The first-order valence-corrected chi connectivity index (χ1v) is 7.53. The Hall–Kier alpha value is -2.30. The molecule has 3 rings (SSSR count). The second-order valence-electron chi connectivity index (χ2n) is 6.01. The lowest BCUT2D eigenvalue weighted by Gasteiger charge is -2.14. The molecule has 1 N–H and O–H groups in total. The summed E-state index contributed by atoms with van der Waals surface area (Å²) in [7, 11) is 4.27. The number of nitrogens with zero attached hydrogens (tertiary/aromatic N) is 3. The molecule has 1 radical (unpaired) electrons. The van der Waals surface area contributed by atoms with E-state index in [1.54, 1.807) is 6.33 Å². The van der Waals surface area contributed by atoms with Crippen LogP contribution in [0.3, 0.4) is 0 Å². The minimum absolute atomic E-state index is 0.489. The van der Waals surface area contributed by atoms with E-state index in [1.807, 2.05) is 23.9 Å².